The SMILES string of the molecule is O=C1c2ccc3c4c(ccc(c24)C(=O)N1c1ncn[nH]1)C(=O)N(c1ncn[nH]1)C3=O. The van der Waals surface area contributed by atoms with Crippen molar-refractivity contribution in [1.29, 1.82) is 0 Å². The fourth-order valence-electron chi connectivity index (χ4n) is 3.87. The van der Waals surface area contributed by atoms with Gasteiger partial charge in [0.1, 0.15) is 12.7 Å². The molecule has 12 nitrogen and oxygen atoms in total. The molecule has 144 valence electrons. The summed E-state index contributed by atoms with van der Waals surface area (Å²) in [6.45, 7) is 0. The fraction of sp³-hybridized carbons (Fsp3) is 0. The van der Waals surface area contributed by atoms with E-state index in [0.29, 0.717) is 0 Å². The van der Waals surface area contributed by atoms with E-state index in [1.54, 1.807) is 0 Å². The van der Waals surface area contributed by atoms with Gasteiger partial charge in [0.2, 0.25) is 11.9 Å². The number of imide groups is 2. The molecule has 0 spiro atoms. The van der Waals surface area contributed by atoms with E-state index in [1.165, 1.54) is 36.9 Å². The van der Waals surface area contributed by atoms with Gasteiger partial charge in [-0.25, -0.2) is 20.0 Å². The Balaban J connectivity index is 1.63. The maximum Gasteiger partial charge on any atom is 0.268 e. The minimum Gasteiger partial charge on any atom is -0.268 e. The zero-order valence-electron chi connectivity index (χ0n) is 14.8. The Morgan fingerprint density at radius 3 is 1.17 bits per heavy atom. The molecule has 12 heteroatoms. The van der Waals surface area contributed by atoms with Crippen LogP contribution in [0.2, 0.25) is 0 Å². The summed E-state index contributed by atoms with van der Waals surface area (Å²) in [4.78, 5) is 61.8. The molecule has 2 aromatic carbocycles. The molecule has 0 aliphatic carbocycles. The Bertz CT molecular complexity index is 1240. The molecule has 4 heterocycles. The second kappa shape index (κ2) is 5.41. The van der Waals surface area contributed by atoms with E-state index in [-0.39, 0.29) is 44.9 Å². The number of H-pyrrole nitrogens is 2. The third-order valence-electron chi connectivity index (χ3n) is 5.12. The maximum absolute atomic E-state index is 13.1. The van der Waals surface area contributed by atoms with Crippen molar-refractivity contribution in [3.63, 3.8) is 0 Å². The molecule has 0 fully saturated rings. The summed E-state index contributed by atoms with van der Waals surface area (Å²) >= 11 is 0. The van der Waals surface area contributed by atoms with Gasteiger partial charge in [0.05, 0.1) is 0 Å². The molecule has 4 amide bonds. The smallest absolute Gasteiger partial charge is 0.268 e. The molecule has 0 atom stereocenters. The first kappa shape index (κ1) is 16.2. The monoisotopic (exact) mass is 400 g/mol. The molecule has 0 bridgehead atoms. The number of carbonyl (C=O) groups is 4. The number of benzene rings is 2. The van der Waals surface area contributed by atoms with Gasteiger partial charge in [0.15, 0.2) is 0 Å². The van der Waals surface area contributed by atoms with Crippen molar-refractivity contribution in [1.82, 2.24) is 30.4 Å². The lowest BCUT2D eigenvalue weighted by atomic mass is 9.86. The molecule has 0 saturated carbocycles. The minimum atomic E-state index is -0.634. The number of carbonyl (C=O) groups excluding carboxylic acids is 4. The zero-order valence-corrected chi connectivity index (χ0v) is 14.8. The van der Waals surface area contributed by atoms with Crippen LogP contribution in [0.15, 0.2) is 36.9 Å². The summed E-state index contributed by atoms with van der Waals surface area (Å²) in [7, 11) is 0. The number of nitrogens with one attached hydrogen (secondary N) is 2. The lowest BCUT2D eigenvalue weighted by Crippen LogP contribution is -2.44. The van der Waals surface area contributed by atoms with Crippen molar-refractivity contribution < 1.29 is 19.2 Å². The second-order valence-corrected chi connectivity index (χ2v) is 6.58. The first-order valence-electron chi connectivity index (χ1n) is 8.66. The van der Waals surface area contributed by atoms with Crippen molar-refractivity contribution in [3.05, 3.63) is 59.2 Å². The Labute approximate surface area is 165 Å². The van der Waals surface area contributed by atoms with Crippen LogP contribution >= 0.6 is 0 Å². The van der Waals surface area contributed by atoms with Gasteiger partial charge < -0.3 is 0 Å². The van der Waals surface area contributed by atoms with Gasteiger partial charge in [0.25, 0.3) is 23.6 Å². The van der Waals surface area contributed by atoms with Gasteiger partial charge in [-0.05, 0) is 24.3 Å². The van der Waals surface area contributed by atoms with Gasteiger partial charge in [-0.3, -0.25) is 19.2 Å². The van der Waals surface area contributed by atoms with E-state index < -0.39 is 23.6 Å². The van der Waals surface area contributed by atoms with E-state index in [0.717, 1.165) is 9.80 Å². The molecule has 30 heavy (non-hydrogen) atoms. The summed E-state index contributed by atoms with van der Waals surface area (Å²) in [5, 5.41) is 12.9. The van der Waals surface area contributed by atoms with Crippen LogP contribution in [0.1, 0.15) is 41.4 Å². The van der Waals surface area contributed by atoms with Crippen molar-refractivity contribution in [2.75, 3.05) is 9.80 Å². The number of hydrogen-bond acceptors (Lipinski definition) is 8. The summed E-state index contributed by atoms with van der Waals surface area (Å²) in [6.07, 6.45) is 2.36. The Morgan fingerprint density at radius 1 is 0.567 bits per heavy atom. The number of aromatic amines is 2. The Kier molecular flexibility index (Phi) is 2.93. The fourth-order valence-corrected chi connectivity index (χ4v) is 3.87. The molecule has 2 aromatic heterocycles. The van der Waals surface area contributed by atoms with Crippen molar-refractivity contribution in [2.45, 2.75) is 0 Å². The third-order valence-corrected chi connectivity index (χ3v) is 5.12. The van der Waals surface area contributed by atoms with Crippen LogP contribution in [-0.2, 0) is 0 Å². The van der Waals surface area contributed by atoms with Gasteiger partial charge in [-0.15, -0.1) is 0 Å². The highest BCUT2D eigenvalue weighted by Gasteiger charge is 2.41. The first-order valence-corrected chi connectivity index (χ1v) is 8.66. The van der Waals surface area contributed by atoms with Gasteiger partial charge in [-0.1, -0.05) is 0 Å². The highest BCUT2D eigenvalue weighted by atomic mass is 16.2. The first-order chi connectivity index (χ1) is 14.6. The Hall–Kier alpha value is -4.74. The number of rotatable bonds is 2. The summed E-state index contributed by atoms with van der Waals surface area (Å²) in [5.41, 5.74) is 0.705. The molecule has 0 saturated heterocycles. The largest absolute Gasteiger partial charge is 0.268 e. The standard InChI is InChI=1S/C18H8N8O4/c27-13-7-1-2-8-12-10(16(30)26(14(8)28)18-20-6-22-24-18)4-3-9(11(7)12)15(29)25(13)17-19-5-21-23-17/h1-6H,(H,19,21,23)(H,20,22,24). The quantitative estimate of drug-likeness (QED) is 0.465. The molecule has 0 unspecified atom stereocenters. The number of hydrogen-bond donors (Lipinski definition) is 2. The van der Waals surface area contributed by atoms with E-state index in [2.05, 4.69) is 30.4 Å². The van der Waals surface area contributed by atoms with E-state index in [1.807, 2.05) is 0 Å². The van der Waals surface area contributed by atoms with Gasteiger partial charge >= 0.3 is 0 Å². The number of nitrogens with zero attached hydrogens (tertiary/aromatic N) is 6. The van der Waals surface area contributed by atoms with Crippen molar-refractivity contribution >= 4 is 46.3 Å². The highest BCUT2D eigenvalue weighted by Crippen LogP contribution is 2.38. The summed E-state index contributed by atoms with van der Waals surface area (Å²) < 4.78 is 0. The Morgan fingerprint density at radius 2 is 0.900 bits per heavy atom. The van der Waals surface area contributed by atoms with Crippen LogP contribution in [0.25, 0.3) is 10.8 Å². The van der Waals surface area contributed by atoms with Crippen LogP contribution in [-0.4, -0.2) is 54.0 Å². The molecule has 4 aromatic rings. The number of aromatic nitrogens is 6. The average molecular weight is 400 g/mol. The van der Waals surface area contributed by atoms with E-state index in [9.17, 15) is 19.2 Å². The van der Waals surface area contributed by atoms with Crippen LogP contribution in [0, 0.1) is 0 Å². The number of amides is 4. The van der Waals surface area contributed by atoms with Crippen molar-refractivity contribution in [3.8, 4) is 0 Å². The summed E-state index contributed by atoms with van der Waals surface area (Å²) in [6, 6.07) is 5.81. The molecular weight excluding hydrogens is 392 g/mol. The van der Waals surface area contributed by atoms with Crippen LogP contribution in [0.4, 0.5) is 11.9 Å². The third kappa shape index (κ3) is 1.83. The molecule has 2 aliphatic heterocycles. The van der Waals surface area contributed by atoms with Crippen LogP contribution in [0.3, 0.4) is 0 Å². The molecular formula is C18H8N8O4. The van der Waals surface area contributed by atoms with Gasteiger partial charge in [-0.2, -0.15) is 20.2 Å². The second-order valence-electron chi connectivity index (χ2n) is 6.58. The predicted octanol–water partition coefficient (Wildman–Crippen LogP) is 0.677. The molecule has 0 radical (unpaired) electrons. The van der Waals surface area contributed by atoms with E-state index in [4.69, 9.17) is 0 Å². The average Bonchev–Trinajstić information content (AvgIpc) is 3.45. The number of anilines is 2. The van der Waals surface area contributed by atoms with Crippen LogP contribution in [0.5, 0.6) is 0 Å². The normalized spacial score (nSPS) is 15.5. The topological polar surface area (TPSA) is 158 Å². The minimum absolute atomic E-state index is 0.0207. The molecule has 6 rings (SSSR count). The summed E-state index contributed by atoms with van der Waals surface area (Å²) in [5.74, 6) is -2.58. The van der Waals surface area contributed by atoms with Crippen molar-refractivity contribution in [2.24, 2.45) is 0 Å². The lowest BCUT2D eigenvalue weighted by molar-refractivity contribution is 0.0870. The molecule has 2 N–H and O–H groups in total. The van der Waals surface area contributed by atoms with Crippen LogP contribution < -0.4 is 9.80 Å². The predicted molar refractivity (Wildman–Crippen MR) is 99.0 cm³/mol. The maximum atomic E-state index is 13.1. The zero-order chi connectivity index (χ0) is 20.6. The van der Waals surface area contributed by atoms with Gasteiger partial charge in [0, 0.05) is 33.0 Å². The highest BCUT2D eigenvalue weighted by molar-refractivity contribution is 6.41. The van der Waals surface area contributed by atoms with E-state index >= 15 is 0 Å². The molecule has 2 aliphatic rings. The lowest BCUT2D eigenvalue weighted by Gasteiger charge is -2.29.